The van der Waals surface area contributed by atoms with Gasteiger partial charge in [-0.2, -0.15) is 4.57 Å². The van der Waals surface area contributed by atoms with E-state index in [1.165, 1.54) is 0 Å². The van der Waals surface area contributed by atoms with Crippen LogP contribution in [0.5, 0.6) is 0 Å². The van der Waals surface area contributed by atoms with E-state index in [1.807, 2.05) is 71.4 Å². The van der Waals surface area contributed by atoms with Crippen LogP contribution in [0.25, 0.3) is 21.7 Å². The molecule has 0 spiro atoms. The van der Waals surface area contributed by atoms with Gasteiger partial charge in [0.25, 0.3) is 0 Å². The highest BCUT2D eigenvalue weighted by molar-refractivity contribution is 7.20. The van der Waals surface area contributed by atoms with Crippen molar-refractivity contribution in [3.63, 3.8) is 0 Å². The van der Waals surface area contributed by atoms with Gasteiger partial charge in [0.2, 0.25) is 18.0 Å². The molecule has 7 rings (SSSR count). The fourth-order valence-electron chi connectivity index (χ4n) is 7.40. The normalized spacial score (nSPS) is 11.3. The van der Waals surface area contributed by atoms with Crippen molar-refractivity contribution < 1.29 is 97.2 Å². The average molecular weight is 994 g/mol. The molecule has 0 N–H and O–H groups in total. The number of nitrogens with zero attached hydrogens (tertiary/aromatic N) is 4. The second kappa shape index (κ2) is 19.4. The summed E-state index contributed by atoms with van der Waals surface area (Å²) in [4.78, 5) is 15.3. The lowest BCUT2D eigenvalue weighted by atomic mass is 9.12. The molecule has 1 heterocycles. The van der Waals surface area contributed by atoms with Gasteiger partial charge in [-0.05, 0) is 23.7 Å². The van der Waals surface area contributed by atoms with Crippen LogP contribution < -0.4 is 26.4 Å². The van der Waals surface area contributed by atoms with Gasteiger partial charge in [0, 0.05) is 33.9 Å². The summed E-state index contributed by atoms with van der Waals surface area (Å²) in [5.41, 5.74) is -2.74. The van der Waals surface area contributed by atoms with Crippen LogP contribution in [0.3, 0.4) is 0 Å². The Morgan fingerprint density at radius 2 is 0.768 bits per heavy atom. The Hall–Kier alpha value is -7.89. The smallest absolute Gasteiger partial charge is 0.227 e. The molecule has 0 aliphatic rings. The summed E-state index contributed by atoms with van der Waals surface area (Å²) in [6, 6.07) is 22.3. The molecule has 6 aromatic carbocycles. The maximum Gasteiger partial charge on any atom is 0.227 e. The first kappa shape index (κ1) is 50.5. The second-order valence-electron chi connectivity index (χ2n) is 14.0. The van der Waals surface area contributed by atoms with Crippen molar-refractivity contribution in [3.8, 4) is 11.3 Å². The standard InChI is InChI=1S/C24BF20.C19H15N4O/c26-5-1(6(27)14(35)21(42)13(5)34)25(2-7(28)15(36)22(43)16(37)8(2)29,3-9(30)17(38)23(44)18(39)10(3)31)4-11(32)19(40)24(45)20(41)12(4)33;20-22-21-17-10-6-9-16(13-17)18-11-4-5-12-23(18)14-19(24)15-7-2-1-3-8-15/h;1-13H,14H2/q-1;+1. The lowest BCUT2D eigenvalue weighted by Crippen LogP contribution is -2.81. The maximum absolute atomic E-state index is 15.4. The quantitative estimate of drug-likeness (QED) is 0.0164. The zero-order chi connectivity index (χ0) is 51.1. The molecule has 7 aromatic rings. The first-order valence-electron chi connectivity index (χ1n) is 18.4. The molecular formula is C43H15BF20N4O. The molecule has 0 saturated carbocycles. The molecule has 0 aliphatic heterocycles. The van der Waals surface area contributed by atoms with E-state index in [9.17, 15) is 57.5 Å². The van der Waals surface area contributed by atoms with E-state index in [4.69, 9.17) is 5.53 Å². The first-order valence-corrected chi connectivity index (χ1v) is 18.4. The lowest BCUT2D eigenvalue weighted by Gasteiger charge is -2.44. The van der Waals surface area contributed by atoms with Crippen LogP contribution >= 0.6 is 0 Å². The molecule has 0 radical (unpaired) electrons. The van der Waals surface area contributed by atoms with E-state index in [0.717, 1.165) is 11.3 Å². The van der Waals surface area contributed by atoms with Crippen molar-refractivity contribution in [3.05, 3.63) is 211 Å². The minimum Gasteiger partial charge on any atom is -0.287 e. The van der Waals surface area contributed by atoms with Gasteiger partial charge >= 0.3 is 0 Å². The number of ketones is 1. The Bertz CT molecular complexity index is 2920. The minimum atomic E-state index is -7.22. The molecule has 5 nitrogen and oxygen atoms in total. The van der Waals surface area contributed by atoms with Gasteiger partial charge in [-0.15, -0.1) is 21.9 Å². The second-order valence-corrected chi connectivity index (χ2v) is 14.0. The van der Waals surface area contributed by atoms with Gasteiger partial charge < -0.3 is 0 Å². The highest BCUT2D eigenvalue weighted by Gasteiger charge is 2.52. The maximum atomic E-state index is 15.4. The Balaban J connectivity index is 0.000000273. The van der Waals surface area contributed by atoms with Crippen molar-refractivity contribution in [1.29, 1.82) is 0 Å². The molecule has 0 unspecified atom stereocenters. The number of carbonyl (C=O) groups excluding carboxylic acids is 1. The number of Topliss-reactive ketones (excluding diaryl/α,β-unsaturated/α-hetero) is 1. The molecule has 1 aromatic heterocycles. The third kappa shape index (κ3) is 8.33. The monoisotopic (exact) mass is 994 g/mol. The SMILES string of the molecule is Fc1c(F)c(F)c([B-](c2c(F)c(F)c(F)c(F)c2F)(c2c(F)c(F)c(F)c(F)c2F)c2c(F)c(F)c(F)c(F)c2F)c(F)c1F.[N-]=[N+]=Nc1cccc(-c2cccc[n+]2CC(=O)c2ccccc2)c1. The number of carbonyl (C=O) groups is 1. The van der Waals surface area contributed by atoms with Crippen molar-refractivity contribution in [2.24, 2.45) is 5.11 Å². The first-order chi connectivity index (χ1) is 32.5. The number of azide groups is 1. The minimum absolute atomic E-state index is 0.0410. The molecular weight excluding hydrogens is 979 g/mol. The van der Waals surface area contributed by atoms with E-state index in [0.29, 0.717) is 11.3 Å². The average Bonchev–Trinajstić information content (AvgIpc) is 3.34. The van der Waals surface area contributed by atoms with Crippen LogP contribution in [-0.2, 0) is 6.54 Å². The number of aromatic nitrogens is 1. The number of hydrogen-bond donors (Lipinski definition) is 0. The van der Waals surface area contributed by atoms with Gasteiger partial charge in [0.05, 0.1) is 0 Å². The number of benzene rings is 6. The summed E-state index contributed by atoms with van der Waals surface area (Å²) in [5.74, 6) is -71.4. The molecule has 0 saturated heterocycles. The largest absolute Gasteiger partial charge is 0.287 e. The van der Waals surface area contributed by atoms with Crippen LogP contribution in [0.2, 0.25) is 0 Å². The summed E-state index contributed by atoms with van der Waals surface area (Å²) >= 11 is 0. The Morgan fingerprint density at radius 1 is 0.435 bits per heavy atom. The molecule has 0 bridgehead atoms. The van der Waals surface area contributed by atoms with Crippen LogP contribution in [0.15, 0.2) is 84.1 Å². The van der Waals surface area contributed by atoms with Gasteiger partial charge in [-0.25, -0.2) is 87.8 Å². The zero-order valence-corrected chi connectivity index (χ0v) is 33.0. The van der Waals surface area contributed by atoms with Crippen LogP contribution in [0.1, 0.15) is 10.4 Å². The summed E-state index contributed by atoms with van der Waals surface area (Å²) in [7, 11) is 0. The van der Waals surface area contributed by atoms with Crippen LogP contribution in [0.4, 0.5) is 93.5 Å². The predicted molar refractivity (Wildman–Crippen MR) is 201 cm³/mol. The topological polar surface area (TPSA) is 69.7 Å². The highest BCUT2D eigenvalue weighted by atomic mass is 19.2. The Kier molecular flexibility index (Phi) is 14.2. The van der Waals surface area contributed by atoms with Crippen LogP contribution in [-0.4, -0.2) is 11.9 Å². The summed E-state index contributed by atoms with van der Waals surface area (Å²) in [6.07, 6.45) is -5.35. The van der Waals surface area contributed by atoms with E-state index < -0.39 is 144 Å². The summed E-state index contributed by atoms with van der Waals surface area (Å²) in [6.45, 7) is 0.242. The van der Waals surface area contributed by atoms with E-state index in [2.05, 4.69) is 10.0 Å². The summed E-state index contributed by atoms with van der Waals surface area (Å²) < 4.78 is 296. The fourth-order valence-corrected chi connectivity index (χ4v) is 7.40. The third-order valence-electron chi connectivity index (χ3n) is 10.4. The molecule has 0 amide bonds. The van der Waals surface area contributed by atoms with E-state index in [1.54, 1.807) is 12.1 Å². The lowest BCUT2D eigenvalue weighted by molar-refractivity contribution is -0.672. The number of halogens is 20. The van der Waals surface area contributed by atoms with Gasteiger partial charge in [-0.1, -0.05) is 47.6 Å². The predicted octanol–water partition coefficient (Wildman–Crippen LogP) is 10.3. The number of pyridine rings is 1. The highest BCUT2D eigenvalue weighted by Crippen LogP contribution is 2.31. The Labute approximate surface area is 370 Å². The zero-order valence-electron chi connectivity index (χ0n) is 33.0. The number of rotatable bonds is 9. The summed E-state index contributed by atoms with van der Waals surface area (Å²) in [5, 5.41) is 3.64. The van der Waals surface area contributed by atoms with E-state index in [-0.39, 0.29) is 12.3 Å². The van der Waals surface area contributed by atoms with Crippen molar-refractivity contribution in [2.45, 2.75) is 6.54 Å². The van der Waals surface area contributed by atoms with Gasteiger partial charge in [0.1, 0.15) is 52.7 Å². The molecule has 0 fully saturated rings. The number of hydrogen-bond acceptors (Lipinski definition) is 2. The molecule has 0 atom stereocenters. The molecule has 356 valence electrons. The van der Waals surface area contributed by atoms with Gasteiger partial charge in [-0.3, -0.25) is 4.79 Å². The molecule has 26 heteroatoms. The van der Waals surface area contributed by atoms with Crippen molar-refractivity contribution in [2.75, 3.05) is 0 Å². The molecule has 69 heavy (non-hydrogen) atoms. The third-order valence-corrected chi connectivity index (χ3v) is 10.4. The van der Waals surface area contributed by atoms with Crippen LogP contribution in [0, 0.1) is 116 Å². The fraction of sp³-hybridized carbons (Fsp3) is 0.0233. The Morgan fingerprint density at radius 3 is 1.12 bits per heavy atom. The van der Waals surface area contributed by atoms with E-state index >= 15 is 35.1 Å². The van der Waals surface area contributed by atoms with Gasteiger partial charge in [0.15, 0.2) is 76.0 Å². The van der Waals surface area contributed by atoms with Crippen molar-refractivity contribution in [1.82, 2.24) is 0 Å². The van der Waals surface area contributed by atoms with Crippen molar-refractivity contribution >= 4 is 39.5 Å². The molecule has 0 aliphatic carbocycles.